The van der Waals surface area contributed by atoms with Gasteiger partial charge in [-0.25, -0.2) is 0 Å². The number of carbonyl (C=O) groups is 1. The van der Waals surface area contributed by atoms with Gasteiger partial charge in [-0.05, 0) is 23.5 Å². The molecule has 0 bridgehead atoms. The Hall–Kier alpha value is -1.35. The van der Waals surface area contributed by atoms with Crippen LogP contribution in [-0.2, 0) is 11.2 Å². The lowest BCUT2D eigenvalue weighted by Crippen LogP contribution is -2.28. The molecular formula is C15H22N2O. The van der Waals surface area contributed by atoms with Crippen molar-refractivity contribution in [1.29, 1.82) is 0 Å². The highest BCUT2D eigenvalue weighted by molar-refractivity contribution is 5.78. The van der Waals surface area contributed by atoms with Crippen molar-refractivity contribution in [2.24, 2.45) is 17.6 Å². The standard InChI is InChI=1S/C15H22N2O/c1-10(2)7-11-3-5-12(6-4-11)13-8-17-9-14(13)15(16)18/h3-6,10,13-14,17H,7-9H2,1-2H3,(H2,16,18). The predicted octanol–water partition coefficient (Wildman–Crippen LogP) is 1.67. The number of amides is 1. The van der Waals surface area contributed by atoms with Crippen molar-refractivity contribution in [3.8, 4) is 0 Å². The van der Waals surface area contributed by atoms with Crippen molar-refractivity contribution < 1.29 is 4.79 Å². The van der Waals surface area contributed by atoms with Crippen LogP contribution in [-0.4, -0.2) is 19.0 Å². The highest BCUT2D eigenvalue weighted by Crippen LogP contribution is 2.28. The van der Waals surface area contributed by atoms with E-state index in [0.29, 0.717) is 12.5 Å². The summed E-state index contributed by atoms with van der Waals surface area (Å²) in [5, 5.41) is 3.25. The Morgan fingerprint density at radius 3 is 2.56 bits per heavy atom. The van der Waals surface area contributed by atoms with E-state index < -0.39 is 0 Å². The van der Waals surface area contributed by atoms with E-state index in [1.807, 2.05) is 0 Å². The maximum absolute atomic E-state index is 11.4. The molecule has 3 heteroatoms. The number of primary amides is 1. The Kier molecular flexibility index (Phi) is 4.02. The van der Waals surface area contributed by atoms with E-state index in [2.05, 4.69) is 43.4 Å². The summed E-state index contributed by atoms with van der Waals surface area (Å²) in [5.41, 5.74) is 8.02. The molecule has 98 valence electrons. The first-order chi connectivity index (χ1) is 8.58. The lowest BCUT2D eigenvalue weighted by molar-refractivity contribution is -0.121. The molecule has 1 fully saturated rings. The summed E-state index contributed by atoms with van der Waals surface area (Å²) >= 11 is 0. The second kappa shape index (κ2) is 5.53. The normalized spacial score (nSPS) is 23.5. The van der Waals surface area contributed by atoms with Crippen molar-refractivity contribution >= 4 is 5.91 Å². The minimum atomic E-state index is -0.198. The van der Waals surface area contributed by atoms with Gasteiger partial charge in [0.05, 0.1) is 5.92 Å². The molecule has 1 amide bonds. The van der Waals surface area contributed by atoms with Gasteiger partial charge in [0.15, 0.2) is 0 Å². The topological polar surface area (TPSA) is 55.1 Å². The number of carbonyl (C=O) groups excluding carboxylic acids is 1. The Labute approximate surface area is 109 Å². The molecule has 0 aromatic heterocycles. The zero-order valence-electron chi connectivity index (χ0n) is 11.1. The van der Waals surface area contributed by atoms with Gasteiger partial charge >= 0.3 is 0 Å². The van der Waals surface area contributed by atoms with Crippen molar-refractivity contribution in [3.63, 3.8) is 0 Å². The third kappa shape index (κ3) is 2.91. The van der Waals surface area contributed by atoms with Crippen LogP contribution in [0.1, 0.15) is 30.9 Å². The SMILES string of the molecule is CC(C)Cc1ccc(C2CNCC2C(N)=O)cc1. The molecular weight excluding hydrogens is 224 g/mol. The monoisotopic (exact) mass is 246 g/mol. The molecule has 1 aromatic carbocycles. The van der Waals surface area contributed by atoms with Crippen LogP contribution in [0.25, 0.3) is 0 Å². The van der Waals surface area contributed by atoms with Gasteiger partial charge in [0, 0.05) is 19.0 Å². The number of hydrogen-bond acceptors (Lipinski definition) is 2. The minimum Gasteiger partial charge on any atom is -0.369 e. The average molecular weight is 246 g/mol. The molecule has 1 aromatic rings. The van der Waals surface area contributed by atoms with Crippen LogP contribution in [0, 0.1) is 11.8 Å². The van der Waals surface area contributed by atoms with E-state index in [4.69, 9.17) is 5.73 Å². The second-order valence-corrected chi connectivity index (χ2v) is 5.61. The molecule has 18 heavy (non-hydrogen) atoms. The Balaban J connectivity index is 2.11. The fraction of sp³-hybridized carbons (Fsp3) is 0.533. The van der Waals surface area contributed by atoms with Gasteiger partial charge in [0.1, 0.15) is 0 Å². The fourth-order valence-electron chi connectivity index (χ4n) is 2.70. The van der Waals surface area contributed by atoms with Crippen LogP contribution in [0.2, 0.25) is 0 Å². The maximum Gasteiger partial charge on any atom is 0.222 e. The van der Waals surface area contributed by atoms with Gasteiger partial charge in [-0.15, -0.1) is 0 Å². The zero-order chi connectivity index (χ0) is 13.1. The summed E-state index contributed by atoms with van der Waals surface area (Å²) in [5.74, 6) is 0.634. The number of rotatable bonds is 4. The number of benzene rings is 1. The van der Waals surface area contributed by atoms with Gasteiger partial charge in [-0.1, -0.05) is 38.1 Å². The number of nitrogens with one attached hydrogen (secondary N) is 1. The molecule has 0 aliphatic carbocycles. The molecule has 1 saturated heterocycles. The van der Waals surface area contributed by atoms with Crippen molar-refractivity contribution in [2.45, 2.75) is 26.2 Å². The summed E-state index contributed by atoms with van der Waals surface area (Å²) in [6.07, 6.45) is 1.10. The van der Waals surface area contributed by atoms with E-state index in [-0.39, 0.29) is 17.7 Å². The molecule has 0 radical (unpaired) electrons. The molecule has 0 spiro atoms. The number of hydrogen-bond donors (Lipinski definition) is 2. The zero-order valence-corrected chi connectivity index (χ0v) is 11.1. The van der Waals surface area contributed by atoms with Crippen LogP contribution in [0.15, 0.2) is 24.3 Å². The molecule has 1 aliphatic heterocycles. The predicted molar refractivity (Wildman–Crippen MR) is 73.3 cm³/mol. The van der Waals surface area contributed by atoms with Gasteiger partial charge in [-0.2, -0.15) is 0 Å². The first kappa shape index (κ1) is 13.1. The summed E-state index contributed by atoms with van der Waals surface area (Å²) in [6, 6.07) is 8.63. The van der Waals surface area contributed by atoms with E-state index in [0.717, 1.165) is 13.0 Å². The van der Waals surface area contributed by atoms with Crippen LogP contribution in [0.5, 0.6) is 0 Å². The van der Waals surface area contributed by atoms with E-state index >= 15 is 0 Å². The number of nitrogens with two attached hydrogens (primary N) is 1. The largest absolute Gasteiger partial charge is 0.369 e. The quantitative estimate of drug-likeness (QED) is 0.849. The van der Waals surface area contributed by atoms with Crippen molar-refractivity contribution in [3.05, 3.63) is 35.4 Å². The summed E-state index contributed by atoms with van der Waals surface area (Å²) in [6.45, 7) is 5.99. The van der Waals surface area contributed by atoms with Gasteiger partial charge in [-0.3, -0.25) is 4.79 Å². The first-order valence-corrected chi connectivity index (χ1v) is 6.66. The summed E-state index contributed by atoms with van der Waals surface area (Å²) in [7, 11) is 0. The van der Waals surface area contributed by atoms with Crippen LogP contribution in [0.4, 0.5) is 0 Å². The minimum absolute atomic E-state index is 0.0686. The third-order valence-electron chi connectivity index (χ3n) is 3.63. The average Bonchev–Trinajstić information content (AvgIpc) is 2.78. The highest BCUT2D eigenvalue weighted by atomic mass is 16.1. The van der Waals surface area contributed by atoms with Crippen LogP contribution in [0.3, 0.4) is 0 Å². The van der Waals surface area contributed by atoms with E-state index in [1.165, 1.54) is 11.1 Å². The lowest BCUT2D eigenvalue weighted by atomic mass is 9.87. The summed E-state index contributed by atoms with van der Waals surface area (Å²) in [4.78, 5) is 11.4. The van der Waals surface area contributed by atoms with Gasteiger partial charge < -0.3 is 11.1 Å². The second-order valence-electron chi connectivity index (χ2n) is 5.61. The fourth-order valence-corrected chi connectivity index (χ4v) is 2.70. The van der Waals surface area contributed by atoms with Crippen molar-refractivity contribution in [1.82, 2.24) is 5.32 Å². The molecule has 0 saturated carbocycles. The first-order valence-electron chi connectivity index (χ1n) is 6.66. The van der Waals surface area contributed by atoms with Gasteiger partial charge in [0.2, 0.25) is 5.91 Å². The molecule has 2 rings (SSSR count). The van der Waals surface area contributed by atoms with E-state index in [1.54, 1.807) is 0 Å². The third-order valence-corrected chi connectivity index (χ3v) is 3.63. The van der Waals surface area contributed by atoms with Gasteiger partial charge in [0.25, 0.3) is 0 Å². The van der Waals surface area contributed by atoms with Crippen molar-refractivity contribution in [2.75, 3.05) is 13.1 Å². The maximum atomic E-state index is 11.4. The van der Waals surface area contributed by atoms with E-state index in [9.17, 15) is 4.79 Å². The molecule has 2 unspecified atom stereocenters. The summed E-state index contributed by atoms with van der Waals surface area (Å²) < 4.78 is 0. The van der Waals surface area contributed by atoms with Crippen LogP contribution < -0.4 is 11.1 Å². The molecule has 1 heterocycles. The smallest absolute Gasteiger partial charge is 0.222 e. The molecule has 3 N–H and O–H groups in total. The Bertz CT molecular complexity index is 411. The molecule has 2 atom stereocenters. The Morgan fingerprint density at radius 2 is 2.00 bits per heavy atom. The Morgan fingerprint density at radius 1 is 1.33 bits per heavy atom. The lowest BCUT2D eigenvalue weighted by Gasteiger charge is -2.16. The highest BCUT2D eigenvalue weighted by Gasteiger charge is 2.32. The molecule has 1 aliphatic rings. The van der Waals surface area contributed by atoms with Crippen LogP contribution >= 0.6 is 0 Å². The molecule has 3 nitrogen and oxygen atoms in total.